The van der Waals surface area contributed by atoms with Gasteiger partial charge in [0.1, 0.15) is 5.82 Å². The maximum Gasteiger partial charge on any atom is 0.244 e. The van der Waals surface area contributed by atoms with Gasteiger partial charge < -0.3 is 10.4 Å². The maximum absolute atomic E-state index is 13.5. The Bertz CT molecular complexity index is 539. The van der Waals surface area contributed by atoms with Gasteiger partial charge in [0.25, 0.3) is 0 Å². The first kappa shape index (κ1) is 16.2. The SMILES string of the molecule is O=C(/C=C/c1cc(Br)ccc1F)NCC1(CO)CCCC1. The number of nitrogens with one attached hydrogen (secondary N) is 1. The van der Waals surface area contributed by atoms with Crippen LogP contribution in [-0.2, 0) is 4.79 Å². The van der Waals surface area contributed by atoms with Gasteiger partial charge in [-0.2, -0.15) is 0 Å². The van der Waals surface area contributed by atoms with Gasteiger partial charge in [-0.25, -0.2) is 4.39 Å². The number of halogens is 2. The number of carbonyl (C=O) groups excluding carboxylic acids is 1. The molecule has 0 spiro atoms. The van der Waals surface area contributed by atoms with Crippen molar-refractivity contribution in [2.75, 3.05) is 13.2 Å². The average molecular weight is 356 g/mol. The van der Waals surface area contributed by atoms with Crippen molar-refractivity contribution < 1.29 is 14.3 Å². The lowest BCUT2D eigenvalue weighted by Gasteiger charge is -2.26. The zero-order valence-corrected chi connectivity index (χ0v) is 13.3. The number of rotatable bonds is 5. The number of hydrogen-bond donors (Lipinski definition) is 2. The van der Waals surface area contributed by atoms with Crippen LogP contribution < -0.4 is 5.32 Å². The topological polar surface area (TPSA) is 49.3 Å². The van der Waals surface area contributed by atoms with E-state index < -0.39 is 0 Å². The van der Waals surface area contributed by atoms with Crippen LogP contribution in [0, 0.1) is 11.2 Å². The molecule has 0 saturated heterocycles. The van der Waals surface area contributed by atoms with Crippen molar-refractivity contribution in [3.63, 3.8) is 0 Å². The number of aliphatic hydroxyl groups excluding tert-OH is 1. The summed E-state index contributed by atoms with van der Waals surface area (Å²) in [5.74, 6) is -0.640. The zero-order valence-electron chi connectivity index (χ0n) is 11.7. The van der Waals surface area contributed by atoms with E-state index in [1.54, 1.807) is 12.1 Å². The van der Waals surface area contributed by atoms with Gasteiger partial charge in [0.05, 0.1) is 6.61 Å². The molecule has 114 valence electrons. The van der Waals surface area contributed by atoms with Crippen molar-refractivity contribution >= 4 is 27.9 Å². The molecule has 0 aromatic heterocycles. The molecule has 1 aliphatic rings. The Morgan fingerprint density at radius 2 is 2.14 bits per heavy atom. The Kier molecular flexibility index (Phi) is 5.53. The first-order valence-corrected chi connectivity index (χ1v) is 7.86. The van der Waals surface area contributed by atoms with Crippen LogP contribution in [0.3, 0.4) is 0 Å². The van der Waals surface area contributed by atoms with Gasteiger partial charge in [-0.05, 0) is 37.1 Å². The molecule has 0 aliphatic heterocycles. The number of carbonyl (C=O) groups is 1. The molecular formula is C16H19BrFNO2. The summed E-state index contributed by atoms with van der Waals surface area (Å²) >= 11 is 3.27. The number of aliphatic hydroxyl groups is 1. The molecule has 0 unspecified atom stereocenters. The Morgan fingerprint density at radius 1 is 1.43 bits per heavy atom. The molecular weight excluding hydrogens is 337 g/mol. The minimum Gasteiger partial charge on any atom is -0.396 e. The molecule has 3 nitrogen and oxygen atoms in total. The molecule has 0 radical (unpaired) electrons. The van der Waals surface area contributed by atoms with Crippen LogP contribution in [0.4, 0.5) is 4.39 Å². The van der Waals surface area contributed by atoms with E-state index in [0.29, 0.717) is 12.1 Å². The third-order valence-electron chi connectivity index (χ3n) is 4.01. The van der Waals surface area contributed by atoms with Crippen LogP contribution in [-0.4, -0.2) is 24.2 Å². The molecule has 21 heavy (non-hydrogen) atoms. The predicted octanol–water partition coefficient (Wildman–Crippen LogP) is 3.27. The van der Waals surface area contributed by atoms with Crippen molar-refractivity contribution in [2.45, 2.75) is 25.7 Å². The molecule has 2 N–H and O–H groups in total. The van der Waals surface area contributed by atoms with Crippen LogP contribution in [0.15, 0.2) is 28.7 Å². The highest BCUT2D eigenvalue weighted by molar-refractivity contribution is 9.10. The van der Waals surface area contributed by atoms with Crippen molar-refractivity contribution in [1.29, 1.82) is 0 Å². The number of benzene rings is 1. The summed E-state index contributed by atoms with van der Waals surface area (Å²) in [6, 6.07) is 4.57. The summed E-state index contributed by atoms with van der Waals surface area (Å²) in [5, 5.41) is 12.3. The Labute approximate surface area is 132 Å². The molecule has 0 atom stereocenters. The van der Waals surface area contributed by atoms with Gasteiger partial charge in [0, 0.05) is 28.1 Å². The molecule has 1 fully saturated rings. The first-order chi connectivity index (χ1) is 10.0. The largest absolute Gasteiger partial charge is 0.396 e. The molecule has 1 saturated carbocycles. The van der Waals surface area contributed by atoms with Crippen LogP contribution >= 0.6 is 15.9 Å². The first-order valence-electron chi connectivity index (χ1n) is 7.06. The van der Waals surface area contributed by atoms with Crippen LogP contribution in [0.25, 0.3) is 6.08 Å². The van der Waals surface area contributed by atoms with Gasteiger partial charge in [0.2, 0.25) is 5.91 Å². The highest BCUT2D eigenvalue weighted by Gasteiger charge is 2.33. The van der Waals surface area contributed by atoms with Crippen molar-refractivity contribution in [3.8, 4) is 0 Å². The molecule has 1 aliphatic carbocycles. The zero-order chi connectivity index (χ0) is 15.3. The number of amides is 1. The van der Waals surface area contributed by atoms with E-state index in [-0.39, 0.29) is 23.7 Å². The van der Waals surface area contributed by atoms with E-state index in [4.69, 9.17) is 0 Å². The van der Waals surface area contributed by atoms with Crippen molar-refractivity contribution in [3.05, 3.63) is 40.1 Å². The second-order valence-electron chi connectivity index (χ2n) is 5.58. The third kappa shape index (κ3) is 4.38. The molecule has 1 aromatic rings. The summed E-state index contributed by atoms with van der Waals surface area (Å²) < 4.78 is 14.3. The smallest absolute Gasteiger partial charge is 0.244 e. The molecule has 0 heterocycles. The maximum atomic E-state index is 13.5. The van der Waals surface area contributed by atoms with Gasteiger partial charge >= 0.3 is 0 Å². The Balaban J connectivity index is 1.92. The van der Waals surface area contributed by atoms with Crippen LogP contribution in [0.5, 0.6) is 0 Å². The summed E-state index contributed by atoms with van der Waals surface area (Å²) in [7, 11) is 0. The minimum atomic E-state index is -0.370. The fourth-order valence-corrected chi connectivity index (χ4v) is 3.04. The lowest BCUT2D eigenvalue weighted by atomic mass is 9.87. The lowest BCUT2D eigenvalue weighted by molar-refractivity contribution is -0.117. The minimum absolute atomic E-state index is 0.0945. The molecule has 1 aromatic carbocycles. The predicted molar refractivity (Wildman–Crippen MR) is 84.1 cm³/mol. The van der Waals surface area contributed by atoms with Gasteiger partial charge in [-0.1, -0.05) is 28.8 Å². The quantitative estimate of drug-likeness (QED) is 0.796. The Hall–Kier alpha value is -1.20. The normalized spacial score (nSPS) is 17.3. The fraction of sp³-hybridized carbons (Fsp3) is 0.438. The van der Waals surface area contributed by atoms with Crippen LogP contribution in [0.1, 0.15) is 31.2 Å². The van der Waals surface area contributed by atoms with E-state index in [9.17, 15) is 14.3 Å². The number of hydrogen-bond acceptors (Lipinski definition) is 2. The highest BCUT2D eigenvalue weighted by atomic mass is 79.9. The summed E-state index contributed by atoms with van der Waals surface area (Å²) in [4.78, 5) is 11.8. The second-order valence-corrected chi connectivity index (χ2v) is 6.50. The van der Waals surface area contributed by atoms with E-state index in [2.05, 4.69) is 21.2 Å². The lowest BCUT2D eigenvalue weighted by Crippen LogP contribution is -2.37. The fourth-order valence-electron chi connectivity index (χ4n) is 2.66. The second kappa shape index (κ2) is 7.18. The molecule has 2 rings (SSSR count). The van der Waals surface area contributed by atoms with Gasteiger partial charge in [0.15, 0.2) is 0 Å². The summed E-state index contributed by atoms with van der Waals surface area (Å²) in [5.41, 5.74) is 0.183. The van der Waals surface area contributed by atoms with E-state index in [1.807, 2.05) is 0 Å². The third-order valence-corrected chi connectivity index (χ3v) is 4.50. The summed E-state index contributed by atoms with van der Waals surface area (Å²) in [6.07, 6.45) is 6.84. The van der Waals surface area contributed by atoms with Crippen molar-refractivity contribution in [1.82, 2.24) is 5.32 Å². The average Bonchev–Trinajstić information content (AvgIpc) is 2.95. The van der Waals surface area contributed by atoms with E-state index in [0.717, 1.165) is 30.2 Å². The monoisotopic (exact) mass is 355 g/mol. The van der Waals surface area contributed by atoms with E-state index >= 15 is 0 Å². The molecule has 5 heteroatoms. The van der Waals surface area contributed by atoms with Gasteiger partial charge in [-0.3, -0.25) is 4.79 Å². The summed E-state index contributed by atoms with van der Waals surface area (Å²) in [6.45, 7) is 0.560. The van der Waals surface area contributed by atoms with Crippen molar-refractivity contribution in [2.24, 2.45) is 5.41 Å². The van der Waals surface area contributed by atoms with E-state index in [1.165, 1.54) is 18.2 Å². The van der Waals surface area contributed by atoms with Crippen LogP contribution in [0.2, 0.25) is 0 Å². The van der Waals surface area contributed by atoms with Gasteiger partial charge in [-0.15, -0.1) is 0 Å². The Morgan fingerprint density at radius 3 is 2.81 bits per heavy atom. The highest BCUT2D eigenvalue weighted by Crippen LogP contribution is 2.36. The molecule has 0 bridgehead atoms. The standard InChI is InChI=1S/C16H19BrFNO2/c17-13-4-5-14(18)12(9-13)3-6-15(21)19-10-16(11-20)7-1-2-8-16/h3-6,9,20H,1-2,7-8,10-11H2,(H,19,21)/b6-3+. The molecule has 1 amide bonds.